The number of carbonyl (C=O) groups excluding carboxylic acids is 1. The van der Waals surface area contributed by atoms with E-state index in [-0.39, 0.29) is 17.4 Å². The number of rotatable bonds is 6. The van der Waals surface area contributed by atoms with Crippen LogP contribution in [0, 0.1) is 12.3 Å². The monoisotopic (exact) mass is 291 g/mol. The number of carbonyl (C=O) groups is 1. The molecule has 1 rings (SSSR count). The van der Waals surface area contributed by atoms with E-state index in [4.69, 9.17) is 5.73 Å². The Bertz CT molecular complexity index is 465. The van der Waals surface area contributed by atoms with Crippen LogP contribution in [0.5, 0.6) is 0 Å². The maximum atomic E-state index is 12.3. The molecule has 0 aromatic heterocycles. The summed E-state index contributed by atoms with van der Waals surface area (Å²) in [7, 11) is 4.07. The summed E-state index contributed by atoms with van der Waals surface area (Å²) in [5.41, 5.74) is 8.04. The minimum Gasteiger partial charge on any atom is -0.351 e. The molecule has 0 spiro atoms. The summed E-state index contributed by atoms with van der Waals surface area (Å²) in [5.74, 6) is -0.127. The van der Waals surface area contributed by atoms with Gasteiger partial charge < -0.3 is 16.0 Å². The van der Waals surface area contributed by atoms with Crippen molar-refractivity contribution in [2.24, 2.45) is 11.1 Å². The molecular weight excluding hydrogens is 262 g/mol. The Kier molecular flexibility index (Phi) is 5.93. The molecule has 118 valence electrons. The molecule has 2 unspecified atom stereocenters. The topological polar surface area (TPSA) is 58.4 Å². The third-order valence-corrected chi connectivity index (χ3v) is 3.97. The normalized spacial score (nSPS) is 14.9. The lowest BCUT2D eigenvalue weighted by atomic mass is 9.84. The Morgan fingerprint density at radius 1 is 1.29 bits per heavy atom. The Labute approximate surface area is 128 Å². The number of nitrogens with two attached hydrogens (primary N) is 1. The van der Waals surface area contributed by atoms with Crippen molar-refractivity contribution in [2.75, 3.05) is 20.6 Å². The smallest absolute Gasteiger partial charge is 0.241 e. The van der Waals surface area contributed by atoms with E-state index in [0.717, 1.165) is 17.7 Å². The highest BCUT2D eigenvalue weighted by molar-refractivity contribution is 5.83. The minimum atomic E-state index is -0.622. The zero-order valence-electron chi connectivity index (χ0n) is 14.1. The second-order valence-corrected chi connectivity index (χ2v) is 6.84. The van der Waals surface area contributed by atoms with Crippen LogP contribution in [-0.4, -0.2) is 37.5 Å². The lowest BCUT2D eigenvalue weighted by Gasteiger charge is -2.35. The van der Waals surface area contributed by atoms with E-state index in [1.165, 1.54) is 0 Å². The molecule has 0 saturated heterocycles. The van der Waals surface area contributed by atoms with Crippen molar-refractivity contribution < 1.29 is 4.79 Å². The summed E-state index contributed by atoms with van der Waals surface area (Å²) >= 11 is 0. The molecule has 1 aromatic carbocycles. The number of nitrogens with one attached hydrogen (secondary N) is 1. The number of benzene rings is 1. The summed E-state index contributed by atoms with van der Waals surface area (Å²) in [6.45, 7) is 9.24. The quantitative estimate of drug-likeness (QED) is 0.844. The Morgan fingerprint density at radius 2 is 1.81 bits per heavy atom. The molecule has 0 aliphatic heterocycles. The molecule has 4 heteroatoms. The summed E-state index contributed by atoms with van der Waals surface area (Å²) in [6.07, 6.45) is 0. The van der Waals surface area contributed by atoms with E-state index in [1.807, 2.05) is 52.2 Å². The van der Waals surface area contributed by atoms with Crippen molar-refractivity contribution in [2.45, 2.75) is 39.8 Å². The van der Waals surface area contributed by atoms with Crippen LogP contribution in [0.1, 0.15) is 37.9 Å². The average Bonchev–Trinajstić information content (AvgIpc) is 2.37. The standard InChI is InChI=1S/C17H29N3O/c1-12-7-9-14(10-8-12)15(18)16(21)19-13(2)17(3,4)11-20(5)6/h7-10,13,15H,11,18H2,1-6H3,(H,19,21). The van der Waals surface area contributed by atoms with Crippen molar-refractivity contribution in [1.82, 2.24) is 10.2 Å². The maximum absolute atomic E-state index is 12.3. The fraction of sp³-hybridized carbons (Fsp3) is 0.588. The molecule has 0 aliphatic rings. The van der Waals surface area contributed by atoms with E-state index in [0.29, 0.717) is 0 Å². The third-order valence-electron chi connectivity index (χ3n) is 3.97. The first-order valence-corrected chi connectivity index (χ1v) is 7.41. The minimum absolute atomic E-state index is 0.0217. The zero-order chi connectivity index (χ0) is 16.2. The van der Waals surface area contributed by atoms with E-state index in [2.05, 4.69) is 24.1 Å². The van der Waals surface area contributed by atoms with Crippen LogP contribution in [0.3, 0.4) is 0 Å². The summed E-state index contributed by atoms with van der Waals surface area (Å²) in [6, 6.07) is 7.20. The molecule has 3 N–H and O–H groups in total. The maximum Gasteiger partial charge on any atom is 0.241 e. The van der Waals surface area contributed by atoms with Gasteiger partial charge in [0.05, 0.1) is 0 Å². The van der Waals surface area contributed by atoms with Gasteiger partial charge in [-0.05, 0) is 38.9 Å². The molecule has 0 radical (unpaired) electrons. The third kappa shape index (κ3) is 5.14. The van der Waals surface area contributed by atoms with E-state index >= 15 is 0 Å². The van der Waals surface area contributed by atoms with Crippen LogP contribution in [0.25, 0.3) is 0 Å². The largest absolute Gasteiger partial charge is 0.351 e. The molecule has 2 atom stereocenters. The van der Waals surface area contributed by atoms with Crippen molar-refractivity contribution >= 4 is 5.91 Å². The van der Waals surface area contributed by atoms with E-state index < -0.39 is 6.04 Å². The van der Waals surface area contributed by atoms with Gasteiger partial charge in [0.2, 0.25) is 5.91 Å². The molecule has 0 heterocycles. The van der Waals surface area contributed by atoms with Crippen molar-refractivity contribution in [3.05, 3.63) is 35.4 Å². The second kappa shape index (κ2) is 7.05. The first-order valence-electron chi connectivity index (χ1n) is 7.41. The lowest BCUT2D eigenvalue weighted by Crippen LogP contribution is -2.49. The molecule has 0 fully saturated rings. The van der Waals surface area contributed by atoms with Gasteiger partial charge in [-0.3, -0.25) is 4.79 Å². The van der Waals surface area contributed by atoms with Gasteiger partial charge in [0.1, 0.15) is 6.04 Å². The van der Waals surface area contributed by atoms with Gasteiger partial charge in [0.15, 0.2) is 0 Å². The van der Waals surface area contributed by atoms with Gasteiger partial charge in [-0.25, -0.2) is 0 Å². The van der Waals surface area contributed by atoms with Crippen molar-refractivity contribution in [3.8, 4) is 0 Å². The molecule has 0 saturated carbocycles. The van der Waals surface area contributed by atoms with E-state index in [9.17, 15) is 4.79 Å². The molecule has 1 amide bonds. The summed E-state index contributed by atoms with van der Waals surface area (Å²) < 4.78 is 0. The van der Waals surface area contributed by atoms with E-state index in [1.54, 1.807) is 0 Å². The summed E-state index contributed by atoms with van der Waals surface area (Å²) in [4.78, 5) is 14.4. The fourth-order valence-electron chi connectivity index (χ4n) is 2.38. The highest BCUT2D eigenvalue weighted by atomic mass is 16.2. The van der Waals surface area contributed by atoms with Crippen LogP contribution in [0.2, 0.25) is 0 Å². The van der Waals surface area contributed by atoms with Gasteiger partial charge in [-0.15, -0.1) is 0 Å². The molecule has 21 heavy (non-hydrogen) atoms. The van der Waals surface area contributed by atoms with Gasteiger partial charge in [0, 0.05) is 12.6 Å². The molecule has 0 bridgehead atoms. The zero-order valence-corrected chi connectivity index (χ0v) is 14.1. The Morgan fingerprint density at radius 3 is 2.29 bits per heavy atom. The Balaban J connectivity index is 2.69. The number of hydrogen-bond donors (Lipinski definition) is 2. The predicted molar refractivity (Wildman–Crippen MR) is 88.0 cm³/mol. The van der Waals surface area contributed by atoms with Gasteiger partial charge >= 0.3 is 0 Å². The summed E-state index contributed by atoms with van der Waals surface area (Å²) in [5, 5.41) is 3.05. The average molecular weight is 291 g/mol. The first-order chi connectivity index (χ1) is 9.63. The number of hydrogen-bond acceptors (Lipinski definition) is 3. The molecule has 0 aliphatic carbocycles. The highest BCUT2D eigenvalue weighted by Gasteiger charge is 2.29. The van der Waals surface area contributed by atoms with Crippen LogP contribution < -0.4 is 11.1 Å². The number of aryl methyl sites for hydroxylation is 1. The molecule has 1 aromatic rings. The van der Waals surface area contributed by atoms with Gasteiger partial charge in [-0.1, -0.05) is 43.7 Å². The van der Waals surface area contributed by atoms with Gasteiger partial charge in [0.25, 0.3) is 0 Å². The molecular formula is C17H29N3O. The van der Waals surface area contributed by atoms with Crippen molar-refractivity contribution in [1.29, 1.82) is 0 Å². The van der Waals surface area contributed by atoms with Gasteiger partial charge in [-0.2, -0.15) is 0 Å². The number of amides is 1. The lowest BCUT2D eigenvalue weighted by molar-refractivity contribution is -0.124. The van der Waals surface area contributed by atoms with Crippen molar-refractivity contribution in [3.63, 3.8) is 0 Å². The SMILES string of the molecule is Cc1ccc(C(N)C(=O)NC(C)C(C)(C)CN(C)C)cc1. The fourth-order valence-corrected chi connectivity index (χ4v) is 2.38. The number of nitrogens with zero attached hydrogens (tertiary/aromatic N) is 1. The first kappa shape index (κ1) is 17.7. The molecule has 4 nitrogen and oxygen atoms in total. The second-order valence-electron chi connectivity index (χ2n) is 6.84. The van der Waals surface area contributed by atoms with Crippen LogP contribution in [0.15, 0.2) is 24.3 Å². The van der Waals surface area contributed by atoms with Crippen LogP contribution in [-0.2, 0) is 4.79 Å². The highest BCUT2D eigenvalue weighted by Crippen LogP contribution is 2.22. The predicted octanol–water partition coefficient (Wildman–Crippen LogP) is 2.09. The Hall–Kier alpha value is -1.39. The van der Waals surface area contributed by atoms with Crippen LogP contribution >= 0.6 is 0 Å². The van der Waals surface area contributed by atoms with Crippen LogP contribution in [0.4, 0.5) is 0 Å².